The van der Waals surface area contributed by atoms with Gasteiger partial charge in [0.15, 0.2) is 11.6 Å². The van der Waals surface area contributed by atoms with Crippen LogP contribution in [0.25, 0.3) is 0 Å². The molecule has 0 fully saturated rings. The van der Waals surface area contributed by atoms with Crippen molar-refractivity contribution in [2.24, 2.45) is 0 Å². The van der Waals surface area contributed by atoms with Crippen LogP contribution in [0, 0.1) is 17.5 Å². The molecular weight excluding hydrogens is 257 g/mol. The number of ether oxygens (including phenoxy) is 1. The van der Waals surface area contributed by atoms with Crippen molar-refractivity contribution < 1.29 is 23.0 Å². The molecule has 2 rings (SSSR count). The Morgan fingerprint density at radius 3 is 2.42 bits per heavy atom. The van der Waals surface area contributed by atoms with Crippen LogP contribution in [0.5, 0.6) is 11.5 Å². The predicted octanol–water partition coefficient (Wildman–Crippen LogP) is 3.95. The van der Waals surface area contributed by atoms with Gasteiger partial charge >= 0.3 is 0 Å². The summed E-state index contributed by atoms with van der Waals surface area (Å²) in [6.07, 6.45) is -1.13. The number of aliphatic hydroxyl groups is 1. The Bertz CT molecular complexity index is 597. The van der Waals surface area contributed by atoms with Gasteiger partial charge in [0.05, 0.1) is 11.7 Å². The van der Waals surface area contributed by atoms with E-state index in [1.807, 2.05) is 0 Å². The van der Waals surface area contributed by atoms with Crippen LogP contribution in [0.15, 0.2) is 36.4 Å². The Morgan fingerprint density at radius 2 is 1.74 bits per heavy atom. The zero-order valence-electron chi connectivity index (χ0n) is 10.0. The van der Waals surface area contributed by atoms with Crippen LogP contribution in [-0.2, 0) is 0 Å². The van der Waals surface area contributed by atoms with Gasteiger partial charge in [-0.1, -0.05) is 6.07 Å². The third kappa shape index (κ3) is 2.88. The van der Waals surface area contributed by atoms with Gasteiger partial charge in [0.25, 0.3) is 0 Å². The molecule has 100 valence electrons. The molecule has 2 nitrogen and oxygen atoms in total. The molecule has 0 radical (unpaired) electrons. The summed E-state index contributed by atoms with van der Waals surface area (Å²) >= 11 is 0. The molecule has 19 heavy (non-hydrogen) atoms. The molecule has 0 spiro atoms. The highest BCUT2D eigenvalue weighted by Gasteiger charge is 2.16. The smallest absolute Gasteiger partial charge is 0.165 e. The molecule has 1 atom stereocenters. The number of hydrogen-bond acceptors (Lipinski definition) is 2. The van der Waals surface area contributed by atoms with Crippen LogP contribution in [0.2, 0.25) is 0 Å². The lowest BCUT2D eigenvalue weighted by atomic mass is 10.1. The highest BCUT2D eigenvalue weighted by Crippen LogP contribution is 2.32. The van der Waals surface area contributed by atoms with Gasteiger partial charge in [-0.3, -0.25) is 0 Å². The molecule has 1 N–H and O–H groups in total. The van der Waals surface area contributed by atoms with Crippen molar-refractivity contribution in [2.75, 3.05) is 0 Å². The topological polar surface area (TPSA) is 29.5 Å². The van der Waals surface area contributed by atoms with Crippen LogP contribution in [0.3, 0.4) is 0 Å². The number of benzene rings is 2. The second kappa shape index (κ2) is 5.32. The third-order valence-electron chi connectivity index (χ3n) is 2.54. The second-order valence-corrected chi connectivity index (χ2v) is 4.00. The summed E-state index contributed by atoms with van der Waals surface area (Å²) in [7, 11) is 0. The minimum absolute atomic E-state index is 0.0560. The molecule has 5 heteroatoms. The van der Waals surface area contributed by atoms with Gasteiger partial charge in [0, 0.05) is 6.07 Å². The van der Waals surface area contributed by atoms with Gasteiger partial charge in [-0.15, -0.1) is 0 Å². The van der Waals surface area contributed by atoms with Gasteiger partial charge < -0.3 is 9.84 Å². The molecule has 0 saturated heterocycles. The average Bonchev–Trinajstić information content (AvgIpc) is 2.33. The second-order valence-electron chi connectivity index (χ2n) is 4.00. The van der Waals surface area contributed by atoms with E-state index in [1.165, 1.54) is 19.1 Å². The molecular formula is C14H11F3O2. The van der Waals surface area contributed by atoms with Crippen molar-refractivity contribution in [1.82, 2.24) is 0 Å². The van der Waals surface area contributed by atoms with Crippen molar-refractivity contribution in [3.8, 4) is 11.5 Å². The normalized spacial score (nSPS) is 12.3. The predicted molar refractivity (Wildman–Crippen MR) is 63.5 cm³/mol. The summed E-state index contributed by atoms with van der Waals surface area (Å²) in [5, 5.41) is 9.50. The summed E-state index contributed by atoms with van der Waals surface area (Å²) < 4.78 is 45.2. The maximum atomic E-state index is 13.6. The lowest BCUT2D eigenvalue weighted by molar-refractivity contribution is 0.190. The van der Waals surface area contributed by atoms with Crippen LogP contribution < -0.4 is 4.74 Å². The van der Waals surface area contributed by atoms with Gasteiger partial charge in [0.1, 0.15) is 17.4 Å². The van der Waals surface area contributed by atoms with Gasteiger partial charge in [-0.2, -0.15) is 0 Å². The maximum Gasteiger partial charge on any atom is 0.165 e. The molecule has 0 aliphatic carbocycles. The average molecular weight is 268 g/mol. The lowest BCUT2D eigenvalue weighted by Gasteiger charge is -2.14. The Hall–Kier alpha value is -2.01. The lowest BCUT2D eigenvalue weighted by Crippen LogP contribution is -2.00. The van der Waals surface area contributed by atoms with E-state index in [-0.39, 0.29) is 17.1 Å². The summed E-state index contributed by atoms with van der Waals surface area (Å²) in [6, 6.07) is 6.58. The Kier molecular flexibility index (Phi) is 3.76. The fourth-order valence-corrected chi connectivity index (χ4v) is 1.69. The standard InChI is InChI=1S/C14H11F3O2/c1-8(18)14-11(17)3-2-4-12(14)19-13-7-9(15)5-6-10(13)16/h2-8,18H,1H3. The molecule has 0 aromatic heterocycles. The van der Waals surface area contributed by atoms with E-state index in [9.17, 15) is 18.3 Å². The quantitative estimate of drug-likeness (QED) is 0.913. The van der Waals surface area contributed by atoms with Crippen molar-refractivity contribution in [1.29, 1.82) is 0 Å². The first-order chi connectivity index (χ1) is 8.99. The zero-order valence-corrected chi connectivity index (χ0v) is 10.0. The summed E-state index contributed by atoms with van der Waals surface area (Å²) in [4.78, 5) is 0. The van der Waals surface area contributed by atoms with Crippen molar-refractivity contribution in [2.45, 2.75) is 13.0 Å². The van der Waals surface area contributed by atoms with E-state index < -0.39 is 23.6 Å². The Labute approximate surface area is 108 Å². The van der Waals surface area contributed by atoms with Gasteiger partial charge in [-0.25, -0.2) is 13.2 Å². The first-order valence-electron chi connectivity index (χ1n) is 5.58. The van der Waals surface area contributed by atoms with Crippen molar-refractivity contribution in [3.05, 3.63) is 59.4 Å². The van der Waals surface area contributed by atoms with Crippen LogP contribution in [0.1, 0.15) is 18.6 Å². The highest BCUT2D eigenvalue weighted by molar-refractivity contribution is 5.40. The molecule has 2 aromatic carbocycles. The Morgan fingerprint density at radius 1 is 1.00 bits per heavy atom. The number of hydrogen-bond donors (Lipinski definition) is 1. The minimum atomic E-state index is -1.13. The number of halogens is 3. The largest absolute Gasteiger partial charge is 0.454 e. The first kappa shape index (κ1) is 13.4. The molecule has 0 aliphatic heterocycles. The highest BCUT2D eigenvalue weighted by atomic mass is 19.1. The van der Waals surface area contributed by atoms with E-state index in [0.717, 1.165) is 24.3 Å². The molecule has 2 aromatic rings. The third-order valence-corrected chi connectivity index (χ3v) is 2.54. The van der Waals surface area contributed by atoms with Crippen LogP contribution in [0.4, 0.5) is 13.2 Å². The van der Waals surface area contributed by atoms with Crippen LogP contribution >= 0.6 is 0 Å². The number of aliphatic hydroxyl groups excluding tert-OH is 1. The van der Waals surface area contributed by atoms with E-state index >= 15 is 0 Å². The molecule has 0 bridgehead atoms. The Balaban J connectivity index is 2.44. The minimum Gasteiger partial charge on any atom is -0.454 e. The molecule has 0 amide bonds. The van der Waals surface area contributed by atoms with Gasteiger partial charge in [-0.05, 0) is 31.2 Å². The van der Waals surface area contributed by atoms with E-state index in [4.69, 9.17) is 4.74 Å². The number of rotatable bonds is 3. The van der Waals surface area contributed by atoms with E-state index in [0.29, 0.717) is 0 Å². The SMILES string of the molecule is CC(O)c1c(F)cccc1Oc1cc(F)ccc1F. The van der Waals surface area contributed by atoms with Crippen molar-refractivity contribution >= 4 is 0 Å². The maximum absolute atomic E-state index is 13.6. The molecule has 1 unspecified atom stereocenters. The van der Waals surface area contributed by atoms with E-state index in [1.54, 1.807) is 0 Å². The monoisotopic (exact) mass is 268 g/mol. The molecule has 0 aliphatic rings. The zero-order chi connectivity index (χ0) is 14.0. The van der Waals surface area contributed by atoms with Crippen LogP contribution in [-0.4, -0.2) is 5.11 Å². The summed E-state index contributed by atoms with van der Waals surface area (Å²) in [5.41, 5.74) is -0.105. The summed E-state index contributed by atoms with van der Waals surface area (Å²) in [6.45, 7) is 1.35. The fraction of sp³-hybridized carbons (Fsp3) is 0.143. The molecule has 0 saturated carbocycles. The van der Waals surface area contributed by atoms with Gasteiger partial charge in [0.2, 0.25) is 0 Å². The molecule has 0 heterocycles. The fourth-order valence-electron chi connectivity index (χ4n) is 1.69. The van der Waals surface area contributed by atoms with E-state index in [2.05, 4.69) is 0 Å². The van der Waals surface area contributed by atoms with Crippen molar-refractivity contribution in [3.63, 3.8) is 0 Å². The first-order valence-corrected chi connectivity index (χ1v) is 5.58. The summed E-state index contributed by atoms with van der Waals surface area (Å²) in [5.74, 6) is -2.55.